The number of rotatable bonds is 12. The lowest BCUT2D eigenvalue weighted by Gasteiger charge is -2.41. The lowest BCUT2D eigenvalue weighted by atomic mass is 9.91. The molecule has 0 aliphatic carbocycles. The molecule has 4 aromatic rings. The number of aliphatic hydroxyl groups is 1. The number of carboxylic acids is 1. The van der Waals surface area contributed by atoms with E-state index < -0.39 is 30.3 Å². The van der Waals surface area contributed by atoms with Gasteiger partial charge >= 0.3 is 18.0 Å². The second-order valence-electron chi connectivity index (χ2n) is 11.4. The molecular formula is C37H38N2O8S. The van der Waals surface area contributed by atoms with Crippen molar-refractivity contribution in [1.82, 2.24) is 5.32 Å². The Morgan fingerprint density at radius 3 is 2.15 bits per heavy atom. The fourth-order valence-electron chi connectivity index (χ4n) is 5.42. The molecule has 0 bridgehead atoms. The zero-order valence-electron chi connectivity index (χ0n) is 26.6. The molecule has 4 N–H and O–H groups in total. The average Bonchev–Trinajstić information content (AvgIpc) is 3.11. The van der Waals surface area contributed by atoms with Crippen LogP contribution in [0.5, 0.6) is 0 Å². The summed E-state index contributed by atoms with van der Waals surface area (Å²) in [6.45, 7) is 2.02. The number of amides is 2. The molecule has 5 rings (SSSR count). The van der Waals surface area contributed by atoms with Gasteiger partial charge in [0.2, 0.25) is 0 Å². The Bertz CT molecular complexity index is 1670. The number of ether oxygens (including phenoxy) is 3. The van der Waals surface area contributed by atoms with E-state index in [9.17, 15) is 24.6 Å². The van der Waals surface area contributed by atoms with Gasteiger partial charge in [-0.05, 0) is 53.1 Å². The third-order valence-corrected chi connectivity index (χ3v) is 9.25. The molecule has 1 aliphatic heterocycles. The van der Waals surface area contributed by atoms with Gasteiger partial charge in [0.1, 0.15) is 6.04 Å². The van der Waals surface area contributed by atoms with Crippen LogP contribution in [0, 0.1) is 5.92 Å². The standard InChI is InChI=1S/C37H38N2O8S/c1-23-32(22-48-30-18-14-27(15-19-30)34(41)42)46-36(47-33(23)26-10-8-25(21-40)9-11-26)28-12-16-29(17-13-28)38-37(44)39-31(35(43)45-2)20-24-6-4-3-5-7-24/h3-19,23,31-33,36,40H,20-22H2,1-2H3,(H,41,42)(H2,38,39,44)/t23-,31+,32+,33+,36+/m1/s1. The van der Waals surface area contributed by atoms with Crippen LogP contribution >= 0.6 is 11.8 Å². The molecule has 250 valence electrons. The maximum absolute atomic E-state index is 12.9. The van der Waals surface area contributed by atoms with E-state index in [4.69, 9.17) is 14.2 Å². The Labute approximate surface area is 283 Å². The van der Waals surface area contributed by atoms with Crippen LogP contribution in [0.1, 0.15) is 51.9 Å². The highest BCUT2D eigenvalue weighted by Crippen LogP contribution is 2.43. The fraction of sp³-hybridized carbons (Fsp3) is 0.270. The van der Waals surface area contributed by atoms with E-state index in [1.807, 2.05) is 66.7 Å². The van der Waals surface area contributed by atoms with E-state index in [0.717, 1.165) is 27.1 Å². The molecule has 2 amide bonds. The number of carbonyl (C=O) groups excluding carboxylic acids is 2. The molecule has 0 aromatic heterocycles. The Morgan fingerprint density at radius 1 is 0.854 bits per heavy atom. The van der Waals surface area contributed by atoms with Crippen LogP contribution in [0.15, 0.2) is 108 Å². The highest BCUT2D eigenvalue weighted by molar-refractivity contribution is 7.99. The number of aliphatic hydroxyl groups excluding tert-OH is 1. The average molecular weight is 671 g/mol. The Hall–Kier alpha value is -4.68. The summed E-state index contributed by atoms with van der Waals surface area (Å²) in [6.07, 6.45) is -0.953. The molecule has 0 saturated carbocycles. The van der Waals surface area contributed by atoms with E-state index in [1.54, 1.807) is 48.2 Å². The number of aromatic carboxylic acids is 1. The topological polar surface area (TPSA) is 143 Å². The van der Waals surface area contributed by atoms with Gasteiger partial charge in [-0.15, -0.1) is 11.8 Å². The first kappa shape index (κ1) is 34.6. The number of urea groups is 1. The largest absolute Gasteiger partial charge is 0.478 e. The van der Waals surface area contributed by atoms with Crippen molar-refractivity contribution in [3.8, 4) is 0 Å². The molecule has 11 heteroatoms. The van der Waals surface area contributed by atoms with Crippen LogP contribution in [0.2, 0.25) is 0 Å². The number of hydrogen-bond donors (Lipinski definition) is 4. The molecule has 1 saturated heterocycles. The summed E-state index contributed by atoms with van der Waals surface area (Å²) in [6, 6.07) is 29.5. The fourth-order valence-corrected chi connectivity index (χ4v) is 6.48. The first-order chi connectivity index (χ1) is 23.2. The van der Waals surface area contributed by atoms with Crippen molar-refractivity contribution in [3.63, 3.8) is 0 Å². The molecule has 1 fully saturated rings. The Kier molecular flexibility index (Phi) is 11.9. The van der Waals surface area contributed by atoms with Crippen molar-refractivity contribution in [1.29, 1.82) is 0 Å². The Balaban J connectivity index is 1.28. The van der Waals surface area contributed by atoms with Crippen LogP contribution in [-0.4, -0.2) is 53.2 Å². The van der Waals surface area contributed by atoms with Gasteiger partial charge in [0, 0.05) is 34.2 Å². The molecule has 48 heavy (non-hydrogen) atoms. The second-order valence-corrected chi connectivity index (χ2v) is 12.5. The molecule has 0 spiro atoms. The number of methoxy groups -OCH3 is 1. The summed E-state index contributed by atoms with van der Waals surface area (Å²) in [4.78, 5) is 37.4. The van der Waals surface area contributed by atoms with Gasteiger partial charge in [-0.3, -0.25) is 0 Å². The normalized spacial score (nSPS) is 19.6. The lowest BCUT2D eigenvalue weighted by molar-refractivity contribution is -0.268. The minimum Gasteiger partial charge on any atom is -0.478 e. The number of esters is 1. The van der Waals surface area contributed by atoms with Gasteiger partial charge in [-0.25, -0.2) is 14.4 Å². The quantitative estimate of drug-likeness (QED) is 0.0999. The van der Waals surface area contributed by atoms with Gasteiger partial charge in [0.05, 0.1) is 31.5 Å². The number of nitrogens with one attached hydrogen (secondary N) is 2. The van der Waals surface area contributed by atoms with E-state index >= 15 is 0 Å². The molecule has 1 heterocycles. The molecule has 5 atom stereocenters. The van der Waals surface area contributed by atoms with Crippen LogP contribution in [-0.2, 0) is 32.0 Å². The van der Waals surface area contributed by atoms with E-state index in [2.05, 4.69) is 17.6 Å². The SMILES string of the molecule is COC(=O)[C@H](Cc1ccccc1)NC(=O)Nc1ccc([C@H]2O[C@@H](CSc3ccc(C(=O)O)cc3)[C@@H](C)[C@@H](c3ccc(CO)cc3)O2)cc1. The predicted molar refractivity (Wildman–Crippen MR) is 182 cm³/mol. The maximum atomic E-state index is 12.9. The first-order valence-electron chi connectivity index (χ1n) is 15.5. The van der Waals surface area contributed by atoms with Crippen molar-refractivity contribution < 1.29 is 38.8 Å². The summed E-state index contributed by atoms with van der Waals surface area (Å²) in [5, 5.41) is 24.2. The minimum atomic E-state index is -0.971. The van der Waals surface area contributed by atoms with Gasteiger partial charge in [0.25, 0.3) is 0 Å². The molecule has 10 nitrogen and oxygen atoms in total. The highest BCUT2D eigenvalue weighted by atomic mass is 32.2. The molecule has 0 radical (unpaired) electrons. The number of hydrogen-bond acceptors (Lipinski definition) is 8. The van der Waals surface area contributed by atoms with Gasteiger partial charge < -0.3 is 35.1 Å². The van der Waals surface area contributed by atoms with Crippen molar-refractivity contribution in [2.45, 2.75) is 49.4 Å². The number of carboxylic acid groups (broad SMARTS) is 1. The summed E-state index contributed by atoms with van der Waals surface area (Å²) >= 11 is 1.58. The number of benzene rings is 4. The van der Waals surface area contributed by atoms with Crippen molar-refractivity contribution in [2.75, 3.05) is 18.2 Å². The van der Waals surface area contributed by atoms with Gasteiger partial charge in [0.15, 0.2) is 6.29 Å². The summed E-state index contributed by atoms with van der Waals surface area (Å²) in [5.74, 6) is -0.949. The number of thioether (sulfide) groups is 1. The molecule has 0 unspecified atom stereocenters. The van der Waals surface area contributed by atoms with E-state index in [1.165, 1.54) is 7.11 Å². The zero-order valence-corrected chi connectivity index (χ0v) is 27.4. The van der Waals surface area contributed by atoms with Crippen LogP contribution < -0.4 is 10.6 Å². The van der Waals surface area contributed by atoms with Crippen LogP contribution in [0.4, 0.5) is 10.5 Å². The van der Waals surface area contributed by atoms with Crippen molar-refractivity contribution >= 4 is 35.4 Å². The van der Waals surface area contributed by atoms with Gasteiger partial charge in [-0.2, -0.15) is 0 Å². The van der Waals surface area contributed by atoms with Crippen LogP contribution in [0.25, 0.3) is 0 Å². The third-order valence-electron chi connectivity index (χ3n) is 8.15. The predicted octanol–water partition coefficient (Wildman–Crippen LogP) is 6.37. The third kappa shape index (κ3) is 9.02. The monoisotopic (exact) mass is 670 g/mol. The van der Waals surface area contributed by atoms with E-state index in [-0.39, 0.29) is 36.7 Å². The van der Waals surface area contributed by atoms with E-state index in [0.29, 0.717) is 11.4 Å². The first-order valence-corrected chi connectivity index (χ1v) is 16.5. The van der Waals surface area contributed by atoms with Gasteiger partial charge in [-0.1, -0.05) is 73.7 Å². The molecule has 4 aromatic carbocycles. The number of carbonyl (C=O) groups is 3. The molecule has 1 aliphatic rings. The summed E-state index contributed by atoms with van der Waals surface area (Å²) < 4.78 is 17.9. The summed E-state index contributed by atoms with van der Waals surface area (Å²) in [7, 11) is 1.28. The second kappa shape index (κ2) is 16.4. The zero-order chi connectivity index (χ0) is 34.0. The number of anilines is 1. The highest BCUT2D eigenvalue weighted by Gasteiger charge is 2.38. The lowest BCUT2D eigenvalue weighted by Crippen LogP contribution is -2.45. The van der Waals surface area contributed by atoms with Crippen molar-refractivity contribution in [2.24, 2.45) is 5.92 Å². The van der Waals surface area contributed by atoms with Crippen molar-refractivity contribution in [3.05, 3.63) is 131 Å². The Morgan fingerprint density at radius 2 is 1.52 bits per heavy atom. The smallest absolute Gasteiger partial charge is 0.335 e. The summed E-state index contributed by atoms with van der Waals surface area (Å²) in [5.41, 5.74) is 4.14. The molecular weight excluding hydrogens is 632 g/mol. The maximum Gasteiger partial charge on any atom is 0.335 e. The van der Waals surface area contributed by atoms with Crippen LogP contribution in [0.3, 0.4) is 0 Å². The minimum absolute atomic E-state index is 0.0321.